The Kier molecular flexibility index (Phi) is 6.15. The lowest BCUT2D eigenvalue weighted by Crippen LogP contribution is -2.44. The van der Waals surface area contributed by atoms with E-state index >= 15 is 0 Å². The molecule has 0 unspecified atom stereocenters. The van der Waals surface area contributed by atoms with Crippen molar-refractivity contribution in [2.24, 2.45) is 17.8 Å². The molecule has 0 heterocycles. The molecule has 142 valence electrons. The minimum Gasteiger partial charge on any atom is -0.392 e. The molecule has 0 spiro atoms. The first kappa shape index (κ1) is 19.1. The second-order valence-corrected chi connectivity index (χ2v) is 8.10. The van der Waals surface area contributed by atoms with Crippen LogP contribution in [0.2, 0.25) is 0 Å². The Morgan fingerprint density at radius 1 is 1.27 bits per heavy atom. The summed E-state index contributed by atoms with van der Waals surface area (Å²) in [6, 6.07) is 10.2. The van der Waals surface area contributed by atoms with E-state index in [9.17, 15) is 9.90 Å². The highest BCUT2D eigenvalue weighted by atomic mass is 16.5. The van der Waals surface area contributed by atoms with Gasteiger partial charge in [0, 0.05) is 32.9 Å². The Morgan fingerprint density at radius 3 is 2.69 bits per heavy atom. The van der Waals surface area contributed by atoms with E-state index in [1.54, 1.807) is 19.0 Å². The molecule has 1 fully saturated rings. The first-order chi connectivity index (χ1) is 12.5. The predicted molar refractivity (Wildman–Crippen MR) is 102 cm³/mol. The van der Waals surface area contributed by atoms with Gasteiger partial charge in [-0.05, 0) is 30.2 Å². The van der Waals surface area contributed by atoms with Crippen LogP contribution in [-0.4, -0.2) is 42.2 Å². The molecule has 0 bridgehead atoms. The lowest BCUT2D eigenvalue weighted by Gasteiger charge is -2.44. The van der Waals surface area contributed by atoms with Gasteiger partial charge in [0.25, 0.3) is 0 Å². The Balaban J connectivity index is 1.65. The van der Waals surface area contributed by atoms with Gasteiger partial charge in [-0.3, -0.25) is 4.79 Å². The topological polar surface area (TPSA) is 49.8 Å². The van der Waals surface area contributed by atoms with E-state index in [4.69, 9.17) is 4.74 Å². The molecule has 5 atom stereocenters. The summed E-state index contributed by atoms with van der Waals surface area (Å²) in [5, 5.41) is 10.9. The van der Waals surface area contributed by atoms with Crippen LogP contribution in [0, 0.1) is 17.8 Å². The van der Waals surface area contributed by atoms with Crippen LogP contribution in [-0.2, 0) is 16.1 Å². The number of ether oxygens (including phenoxy) is 1. The molecular formula is C22H31NO3. The third-order valence-electron chi connectivity index (χ3n) is 5.99. The van der Waals surface area contributed by atoms with Crippen LogP contribution < -0.4 is 0 Å². The number of hydrogen-bond donors (Lipinski definition) is 1. The number of aliphatic hydroxyl groups is 1. The molecule has 3 rings (SSSR count). The normalized spacial score (nSPS) is 31.1. The highest BCUT2D eigenvalue weighted by Crippen LogP contribution is 2.45. The standard InChI is InChI=1S/C22H31NO3/c1-15-9-10-17-11-18(26-14-16-7-5-4-6-8-16)12-20(24)22(17)19(15)13-21(25)23(2)3/h4-8,10,15,18-20,22,24H,9,11-14H2,1-3H3/t15-,18+,19-,20-,22-/m0/s1. The Bertz CT molecular complexity index is 640. The molecule has 1 saturated carbocycles. The number of carbonyl (C=O) groups is 1. The molecular weight excluding hydrogens is 326 g/mol. The maximum absolute atomic E-state index is 12.3. The largest absolute Gasteiger partial charge is 0.392 e. The summed E-state index contributed by atoms with van der Waals surface area (Å²) in [6.07, 6.45) is 4.91. The SMILES string of the molecule is C[C@H]1CC=C2C[C@@H](OCc3ccccc3)C[C@H](O)[C@@H]2[C@H]1CC(=O)N(C)C. The third kappa shape index (κ3) is 4.36. The van der Waals surface area contributed by atoms with Crippen molar-refractivity contribution in [3.05, 3.63) is 47.5 Å². The van der Waals surface area contributed by atoms with E-state index in [1.165, 1.54) is 5.57 Å². The summed E-state index contributed by atoms with van der Waals surface area (Å²) in [4.78, 5) is 13.9. The molecule has 26 heavy (non-hydrogen) atoms. The summed E-state index contributed by atoms with van der Waals surface area (Å²) in [7, 11) is 3.61. The average molecular weight is 357 g/mol. The maximum atomic E-state index is 12.3. The minimum absolute atomic E-state index is 0.0475. The zero-order valence-corrected chi connectivity index (χ0v) is 16.1. The maximum Gasteiger partial charge on any atom is 0.222 e. The van der Waals surface area contributed by atoms with Gasteiger partial charge in [0.15, 0.2) is 0 Å². The molecule has 4 nitrogen and oxygen atoms in total. The van der Waals surface area contributed by atoms with Crippen molar-refractivity contribution in [2.45, 2.75) is 51.4 Å². The highest BCUT2D eigenvalue weighted by Gasteiger charge is 2.42. The lowest BCUT2D eigenvalue weighted by atomic mass is 9.64. The molecule has 1 amide bonds. The molecule has 1 aromatic rings. The monoisotopic (exact) mass is 357 g/mol. The van der Waals surface area contributed by atoms with Gasteiger partial charge in [0.2, 0.25) is 5.91 Å². The molecule has 4 heteroatoms. The fourth-order valence-corrected chi connectivity index (χ4v) is 4.42. The number of fused-ring (bicyclic) bond motifs is 1. The van der Waals surface area contributed by atoms with Gasteiger partial charge in [-0.25, -0.2) is 0 Å². The number of amides is 1. The van der Waals surface area contributed by atoms with Crippen molar-refractivity contribution in [1.82, 2.24) is 4.90 Å². The minimum atomic E-state index is -0.432. The van der Waals surface area contributed by atoms with Gasteiger partial charge >= 0.3 is 0 Å². The predicted octanol–water partition coefficient (Wildman–Crippen LogP) is 3.40. The van der Waals surface area contributed by atoms with E-state index in [0.29, 0.717) is 25.4 Å². The number of allylic oxidation sites excluding steroid dienone is 1. The zero-order valence-electron chi connectivity index (χ0n) is 16.1. The molecule has 0 aliphatic heterocycles. The van der Waals surface area contributed by atoms with E-state index < -0.39 is 6.10 Å². The first-order valence-corrected chi connectivity index (χ1v) is 9.68. The van der Waals surface area contributed by atoms with E-state index in [1.807, 2.05) is 18.2 Å². The quantitative estimate of drug-likeness (QED) is 0.822. The lowest BCUT2D eigenvalue weighted by molar-refractivity contribution is -0.131. The van der Waals surface area contributed by atoms with Crippen molar-refractivity contribution in [1.29, 1.82) is 0 Å². The number of carbonyl (C=O) groups excluding carboxylic acids is 1. The fraction of sp³-hybridized carbons (Fsp3) is 0.591. The van der Waals surface area contributed by atoms with Crippen molar-refractivity contribution in [2.75, 3.05) is 14.1 Å². The molecule has 2 aliphatic carbocycles. The van der Waals surface area contributed by atoms with Crippen LogP contribution in [0.15, 0.2) is 42.0 Å². The molecule has 2 aliphatic rings. The van der Waals surface area contributed by atoms with Crippen LogP contribution in [0.25, 0.3) is 0 Å². The van der Waals surface area contributed by atoms with E-state index in [-0.39, 0.29) is 23.8 Å². The smallest absolute Gasteiger partial charge is 0.222 e. The van der Waals surface area contributed by atoms with Crippen LogP contribution in [0.4, 0.5) is 0 Å². The summed E-state index contributed by atoms with van der Waals surface area (Å²) in [5.74, 6) is 0.885. The molecule has 1 aromatic carbocycles. The number of aliphatic hydroxyl groups excluding tert-OH is 1. The highest BCUT2D eigenvalue weighted by molar-refractivity contribution is 5.76. The number of nitrogens with zero attached hydrogens (tertiary/aromatic N) is 1. The van der Waals surface area contributed by atoms with Crippen LogP contribution in [0.5, 0.6) is 0 Å². The number of benzene rings is 1. The molecule has 0 radical (unpaired) electrons. The second kappa shape index (κ2) is 8.36. The van der Waals surface area contributed by atoms with Crippen LogP contribution in [0.3, 0.4) is 0 Å². The second-order valence-electron chi connectivity index (χ2n) is 8.10. The van der Waals surface area contributed by atoms with Gasteiger partial charge in [0.05, 0.1) is 18.8 Å². The van der Waals surface area contributed by atoms with Gasteiger partial charge in [-0.15, -0.1) is 0 Å². The van der Waals surface area contributed by atoms with Crippen molar-refractivity contribution in [3.8, 4) is 0 Å². The van der Waals surface area contributed by atoms with E-state index in [2.05, 4.69) is 25.1 Å². The van der Waals surface area contributed by atoms with Gasteiger partial charge in [-0.2, -0.15) is 0 Å². The summed E-state index contributed by atoms with van der Waals surface area (Å²) < 4.78 is 6.09. The Hall–Kier alpha value is -1.65. The Morgan fingerprint density at radius 2 is 2.00 bits per heavy atom. The van der Waals surface area contributed by atoms with Gasteiger partial charge in [0.1, 0.15) is 0 Å². The van der Waals surface area contributed by atoms with E-state index in [0.717, 1.165) is 18.4 Å². The van der Waals surface area contributed by atoms with Gasteiger partial charge in [-0.1, -0.05) is 48.9 Å². The van der Waals surface area contributed by atoms with Crippen LogP contribution >= 0.6 is 0 Å². The van der Waals surface area contributed by atoms with Gasteiger partial charge < -0.3 is 14.7 Å². The fourth-order valence-electron chi connectivity index (χ4n) is 4.42. The zero-order chi connectivity index (χ0) is 18.7. The Labute approximate surface area is 156 Å². The average Bonchev–Trinajstić information content (AvgIpc) is 2.63. The number of rotatable bonds is 5. The summed E-state index contributed by atoms with van der Waals surface area (Å²) in [6.45, 7) is 2.78. The first-order valence-electron chi connectivity index (χ1n) is 9.68. The van der Waals surface area contributed by atoms with Crippen LogP contribution in [0.1, 0.15) is 38.2 Å². The van der Waals surface area contributed by atoms with Crippen molar-refractivity contribution in [3.63, 3.8) is 0 Å². The molecule has 0 saturated heterocycles. The summed E-state index contributed by atoms with van der Waals surface area (Å²) in [5.41, 5.74) is 2.45. The summed E-state index contributed by atoms with van der Waals surface area (Å²) >= 11 is 0. The molecule has 0 aromatic heterocycles. The third-order valence-corrected chi connectivity index (χ3v) is 5.99. The molecule has 1 N–H and O–H groups in total. The van der Waals surface area contributed by atoms with Crippen molar-refractivity contribution < 1.29 is 14.6 Å². The van der Waals surface area contributed by atoms with Crippen molar-refractivity contribution >= 4 is 5.91 Å². The number of hydrogen-bond acceptors (Lipinski definition) is 3.